The maximum absolute atomic E-state index is 5.85. The second kappa shape index (κ2) is 5.00. The van der Waals surface area contributed by atoms with Crippen LogP contribution in [0.3, 0.4) is 0 Å². The van der Waals surface area contributed by atoms with Gasteiger partial charge < -0.3 is 0 Å². The van der Waals surface area contributed by atoms with Crippen LogP contribution in [0.2, 0.25) is 5.02 Å². The molecular formula is C11H7Br2ClS. The SMILES string of the molecule is Clc1ccc(C(Br)c2ccc(Br)s2)cc1. The summed E-state index contributed by atoms with van der Waals surface area (Å²) in [4.78, 5) is 1.52. The molecule has 1 heterocycles. The van der Waals surface area contributed by atoms with E-state index in [2.05, 4.69) is 44.0 Å². The van der Waals surface area contributed by atoms with Gasteiger partial charge in [-0.05, 0) is 45.8 Å². The Kier molecular flexibility index (Phi) is 3.88. The lowest BCUT2D eigenvalue weighted by Crippen LogP contribution is -1.88. The fourth-order valence-electron chi connectivity index (χ4n) is 1.26. The molecule has 0 aliphatic heterocycles. The first-order valence-electron chi connectivity index (χ1n) is 4.31. The molecule has 4 heteroatoms. The molecule has 0 saturated heterocycles. The Labute approximate surface area is 115 Å². The number of hydrogen-bond donors (Lipinski definition) is 0. The fraction of sp³-hybridized carbons (Fsp3) is 0.0909. The summed E-state index contributed by atoms with van der Waals surface area (Å²) in [5.41, 5.74) is 1.22. The lowest BCUT2D eigenvalue weighted by Gasteiger charge is -2.07. The van der Waals surface area contributed by atoms with Crippen molar-refractivity contribution in [3.63, 3.8) is 0 Å². The summed E-state index contributed by atoms with van der Waals surface area (Å²) >= 11 is 14.7. The topological polar surface area (TPSA) is 0 Å². The zero-order chi connectivity index (χ0) is 10.8. The standard InChI is InChI=1S/C11H7Br2ClS/c12-10-6-5-9(15-10)11(13)7-1-3-8(14)4-2-7/h1-6,11H. The van der Waals surface area contributed by atoms with Crippen molar-refractivity contribution in [1.82, 2.24) is 0 Å². The van der Waals surface area contributed by atoms with Crippen LogP contribution >= 0.6 is 54.8 Å². The first-order valence-corrected chi connectivity index (χ1v) is 7.22. The summed E-state index contributed by atoms with van der Waals surface area (Å²) < 4.78 is 1.15. The van der Waals surface area contributed by atoms with Crippen molar-refractivity contribution in [2.75, 3.05) is 0 Å². The van der Waals surface area contributed by atoms with Gasteiger partial charge in [-0.2, -0.15) is 0 Å². The third-order valence-corrected chi connectivity index (χ3v) is 5.27. The average Bonchev–Trinajstić information content (AvgIpc) is 2.65. The van der Waals surface area contributed by atoms with Crippen molar-refractivity contribution in [2.24, 2.45) is 0 Å². The number of benzene rings is 1. The van der Waals surface area contributed by atoms with E-state index in [4.69, 9.17) is 11.6 Å². The van der Waals surface area contributed by atoms with Gasteiger partial charge in [0.1, 0.15) is 0 Å². The number of alkyl halides is 1. The van der Waals surface area contributed by atoms with E-state index in [0.29, 0.717) is 0 Å². The fourth-order valence-corrected chi connectivity index (χ4v) is 3.55. The maximum Gasteiger partial charge on any atom is 0.0738 e. The predicted molar refractivity (Wildman–Crippen MR) is 74.2 cm³/mol. The van der Waals surface area contributed by atoms with Crippen molar-refractivity contribution in [3.8, 4) is 0 Å². The summed E-state index contributed by atoms with van der Waals surface area (Å²) in [6.07, 6.45) is 0. The normalized spacial score (nSPS) is 12.7. The molecule has 15 heavy (non-hydrogen) atoms. The monoisotopic (exact) mass is 364 g/mol. The molecule has 0 bridgehead atoms. The highest BCUT2D eigenvalue weighted by molar-refractivity contribution is 9.11. The predicted octanol–water partition coefficient (Wildman–Crippen LogP) is 5.65. The van der Waals surface area contributed by atoms with Crippen LogP contribution in [0.4, 0.5) is 0 Å². The van der Waals surface area contributed by atoms with Gasteiger partial charge in [-0.15, -0.1) is 11.3 Å². The molecular weight excluding hydrogens is 359 g/mol. The lowest BCUT2D eigenvalue weighted by atomic mass is 10.1. The van der Waals surface area contributed by atoms with Crippen molar-refractivity contribution >= 4 is 54.8 Å². The van der Waals surface area contributed by atoms with Gasteiger partial charge in [0, 0.05) is 9.90 Å². The van der Waals surface area contributed by atoms with Gasteiger partial charge in [-0.25, -0.2) is 0 Å². The molecule has 0 aliphatic carbocycles. The first-order chi connectivity index (χ1) is 7.16. The second-order valence-corrected chi connectivity index (χ2v) is 6.90. The Balaban J connectivity index is 2.28. The van der Waals surface area contributed by atoms with Gasteiger partial charge in [0.15, 0.2) is 0 Å². The van der Waals surface area contributed by atoms with Gasteiger partial charge in [0.25, 0.3) is 0 Å². The summed E-state index contributed by atoms with van der Waals surface area (Å²) in [7, 11) is 0. The highest BCUT2D eigenvalue weighted by atomic mass is 79.9. The maximum atomic E-state index is 5.85. The van der Waals surface area contributed by atoms with Gasteiger partial charge >= 0.3 is 0 Å². The van der Waals surface area contributed by atoms with Crippen molar-refractivity contribution < 1.29 is 0 Å². The number of thiophene rings is 1. The Morgan fingerprint density at radius 3 is 2.27 bits per heavy atom. The third-order valence-electron chi connectivity index (χ3n) is 2.01. The van der Waals surface area contributed by atoms with Crippen molar-refractivity contribution in [2.45, 2.75) is 4.83 Å². The first kappa shape index (κ1) is 11.6. The van der Waals surface area contributed by atoms with Crippen LogP contribution in [-0.4, -0.2) is 0 Å². The molecule has 1 atom stereocenters. The van der Waals surface area contributed by atoms with E-state index in [-0.39, 0.29) is 4.83 Å². The summed E-state index contributed by atoms with van der Waals surface area (Å²) in [6.45, 7) is 0. The molecule has 78 valence electrons. The molecule has 2 rings (SSSR count). The van der Waals surface area contributed by atoms with E-state index in [1.54, 1.807) is 11.3 Å². The molecule has 0 nitrogen and oxygen atoms in total. The van der Waals surface area contributed by atoms with Crippen LogP contribution in [0.5, 0.6) is 0 Å². The van der Waals surface area contributed by atoms with Crippen LogP contribution in [0.25, 0.3) is 0 Å². The van der Waals surface area contributed by atoms with Crippen molar-refractivity contribution in [1.29, 1.82) is 0 Å². The summed E-state index contributed by atoms with van der Waals surface area (Å²) in [6, 6.07) is 12.1. The molecule has 0 aliphatic rings. The minimum atomic E-state index is 0.242. The smallest absolute Gasteiger partial charge is 0.0738 e. The Bertz CT molecular complexity index is 450. The largest absolute Gasteiger partial charge is 0.132 e. The van der Waals surface area contributed by atoms with Gasteiger partial charge in [0.2, 0.25) is 0 Å². The van der Waals surface area contributed by atoms with E-state index in [1.165, 1.54) is 10.4 Å². The Morgan fingerprint density at radius 1 is 1.07 bits per heavy atom. The average molecular weight is 367 g/mol. The van der Waals surface area contributed by atoms with E-state index in [9.17, 15) is 0 Å². The highest BCUT2D eigenvalue weighted by Crippen LogP contribution is 2.37. The molecule has 1 unspecified atom stereocenters. The van der Waals surface area contributed by atoms with E-state index in [0.717, 1.165) is 8.81 Å². The van der Waals surface area contributed by atoms with Gasteiger partial charge in [-0.3, -0.25) is 0 Å². The molecule has 1 aromatic carbocycles. The van der Waals surface area contributed by atoms with E-state index >= 15 is 0 Å². The second-order valence-electron chi connectivity index (χ2n) is 3.06. The van der Waals surface area contributed by atoms with Crippen LogP contribution in [-0.2, 0) is 0 Å². The van der Waals surface area contributed by atoms with Crippen LogP contribution in [0.15, 0.2) is 40.2 Å². The van der Waals surface area contributed by atoms with Crippen LogP contribution in [0, 0.1) is 0 Å². The third kappa shape index (κ3) is 2.84. The van der Waals surface area contributed by atoms with Gasteiger partial charge in [-0.1, -0.05) is 39.7 Å². The zero-order valence-electron chi connectivity index (χ0n) is 7.58. The highest BCUT2D eigenvalue weighted by Gasteiger charge is 2.11. The molecule has 0 amide bonds. The molecule has 0 spiro atoms. The lowest BCUT2D eigenvalue weighted by molar-refractivity contribution is 1.23. The summed E-state index contributed by atoms with van der Waals surface area (Å²) in [5.74, 6) is 0. The molecule has 0 saturated carbocycles. The Morgan fingerprint density at radius 2 is 1.73 bits per heavy atom. The quantitative estimate of drug-likeness (QED) is 0.603. The minimum absolute atomic E-state index is 0.242. The van der Waals surface area contributed by atoms with Gasteiger partial charge in [0.05, 0.1) is 8.61 Å². The van der Waals surface area contributed by atoms with E-state index < -0.39 is 0 Å². The minimum Gasteiger partial charge on any atom is -0.132 e. The van der Waals surface area contributed by atoms with Crippen LogP contribution in [0.1, 0.15) is 15.3 Å². The molecule has 0 radical (unpaired) electrons. The molecule has 2 aromatic rings. The van der Waals surface area contributed by atoms with Crippen LogP contribution < -0.4 is 0 Å². The molecule has 1 aromatic heterocycles. The number of rotatable bonds is 2. The molecule has 0 fully saturated rings. The van der Waals surface area contributed by atoms with Crippen molar-refractivity contribution in [3.05, 3.63) is 55.6 Å². The van der Waals surface area contributed by atoms with E-state index in [1.807, 2.05) is 24.3 Å². The molecule has 0 N–H and O–H groups in total. The Hall–Kier alpha value is 0.170. The zero-order valence-corrected chi connectivity index (χ0v) is 12.3. The summed E-state index contributed by atoms with van der Waals surface area (Å²) in [5, 5.41) is 0.769. The number of hydrogen-bond acceptors (Lipinski definition) is 1. The number of halogens is 3.